The predicted octanol–water partition coefficient (Wildman–Crippen LogP) is 3.48. The molecule has 1 aliphatic heterocycles. The van der Waals surface area contributed by atoms with Gasteiger partial charge in [0.05, 0.1) is 7.11 Å². The smallest absolute Gasteiger partial charge is 0.214 e. The minimum atomic E-state index is -5.34. The highest BCUT2D eigenvalue weighted by Crippen LogP contribution is 2.51. The van der Waals surface area contributed by atoms with E-state index in [-0.39, 0.29) is 0 Å². The van der Waals surface area contributed by atoms with Crippen molar-refractivity contribution in [3.63, 3.8) is 0 Å². The molecule has 1 heterocycles. The molecule has 128 valence electrons. The van der Waals surface area contributed by atoms with Crippen molar-refractivity contribution in [2.75, 3.05) is 7.11 Å². The molecule has 3 nitrogen and oxygen atoms in total. The average molecular weight is 372 g/mol. The Bertz CT molecular complexity index is 1030. The lowest BCUT2D eigenvalue weighted by atomic mass is 10.0. The van der Waals surface area contributed by atoms with Gasteiger partial charge in [-0.05, 0) is 0 Å². The van der Waals surface area contributed by atoms with E-state index in [4.69, 9.17) is 0 Å². The standard InChI is InChI=1S/C13H3F7O3S/c1-23-11-8(18)5(15)3-2-4(14)6(16)7(17)9(19)12(2)24(21,22)13(3)10(11)20/h1H3. The van der Waals surface area contributed by atoms with Gasteiger partial charge in [0.15, 0.2) is 40.7 Å². The fourth-order valence-electron chi connectivity index (χ4n) is 2.46. The van der Waals surface area contributed by atoms with E-state index in [0.29, 0.717) is 7.11 Å². The second-order valence-electron chi connectivity index (χ2n) is 4.64. The highest BCUT2D eigenvalue weighted by Gasteiger charge is 2.47. The van der Waals surface area contributed by atoms with Crippen LogP contribution >= 0.6 is 0 Å². The van der Waals surface area contributed by atoms with Crippen molar-refractivity contribution in [2.45, 2.75) is 9.79 Å². The van der Waals surface area contributed by atoms with Crippen molar-refractivity contribution >= 4 is 9.84 Å². The average Bonchev–Trinajstić information content (AvgIpc) is 2.77. The lowest BCUT2D eigenvalue weighted by Gasteiger charge is -2.09. The van der Waals surface area contributed by atoms with Gasteiger partial charge in [-0.1, -0.05) is 0 Å². The van der Waals surface area contributed by atoms with Crippen LogP contribution in [0.1, 0.15) is 0 Å². The molecule has 2 aromatic carbocycles. The molecule has 0 aliphatic carbocycles. The molecule has 0 fully saturated rings. The summed E-state index contributed by atoms with van der Waals surface area (Å²) in [5.41, 5.74) is -3.20. The molecule has 0 amide bonds. The predicted molar refractivity (Wildman–Crippen MR) is 63.6 cm³/mol. The van der Waals surface area contributed by atoms with E-state index in [1.807, 2.05) is 0 Å². The van der Waals surface area contributed by atoms with Gasteiger partial charge in [0.2, 0.25) is 15.7 Å². The molecule has 0 saturated carbocycles. The van der Waals surface area contributed by atoms with Gasteiger partial charge >= 0.3 is 0 Å². The van der Waals surface area contributed by atoms with E-state index < -0.39 is 77.2 Å². The van der Waals surface area contributed by atoms with E-state index in [2.05, 4.69) is 4.74 Å². The first-order chi connectivity index (χ1) is 11.1. The van der Waals surface area contributed by atoms with Crippen LogP contribution in [0.25, 0.3) is 11.1 Å². The molecule has 1 aliphatic rings. The van der Waals surface area contributed by atoms with E-state index in [0.717, 1.165) is 0 Å². The fourth-order valence-corrected chi connectivity index (χ4v) is 4.24. The minimum Gasteiger partial charge on any atom is -0.491 e. The number of sulfone groups is 1. The van der Waals surface area contributed by atoms with Crippen LogP contribution in [0.4, 0.5) is 30.7 Å². The molecule has 0 N–H and O–H groups in total. The number of fused-ring (bicyclic) bond motifs is 3. The van der Waals surface area contributed by atoms with Gasteiger partial charge in [0, 0.05) is 11.1 Å². The number of halogens is 7. The molecular weight excluding hydrogens is 369 g/mol. The normalized spacial score (nSPS) is 14.5. The van der Waals surface area contributed by atoms with E-state index in [9.17, 15) is 39.2 Å². The summed E-state index contributed by atoms with van der Waals surface area (Å²) in [5, 5.41) is 0. The Morgan fingerprint density at radius 1 is 0.625 bits per heavy atom. The molecule has 0 saturated heterocycles. The Morgan fingerprint density at radius 3 is 1.54 bits per heavy atom. The Kier molecular flexibility index (Phi) is 3.35. The largest absolute Gasteiger partial charge is 0.491 e. The molecule has 0 spiro atoms. The second kappa shape index (κ2) is 4.85. The van der Waals surface area contributed by atoms with Crippen molar-refractivity contribution in [3.8, 4) is 16.9 Å². The van der Waals surface area contributed by atoms with Crippen molar-refractivity contribution in [1.29, 1.82) is 0 Å². The number of benzene rings is 2. The zero-order chi connectivity index (χ0) is 18.1. The summed E-state index contributed by atoms with van der Waals surface area (Å²) in [6.45, 7) is 0. The summed E-state index contributed by atoms with van der Waals surface area (Å²) in [4.78, 5) is -3.49. The first kappa shape index (κ1) is 16.6. The maximum atomic E-state index is 14.2. The first-order valence-corrected chi connectivity index (χ1v) is 7.41. The van der Waals surface area contributed by atoms with Gasteiger partial charge < -0.3 is 4.74 Å². The molecule has 0 radical (unpaired) electrons. The fraction of sp³-hybridized carbons (Fsp3) is 0.0769. The molecule has 0 unspecified atom stereocenters. The van der Waals surface area contributed by atoms with Crippen LogP contribution in [0, 0.1) is 40.7 Å². The van der Waals surface area contributed by atoms with Crippen LogP contribution in [0.3, 0.4) is 0 Å². The van der Waals surface area contributed by atoms with Crippen molar-refractivity contribution in [3.05, 3.63) is 40.7 Å². The molecule has 0 aromatic heterocycles. The maximum absolute atomic E-state index is 14.2. The lowest BCUT2D eigenvalue weighted by Crippen LogP contribution is -2.07. The Balaban J connectivity index is 2.67. The summed E-state index contributed by atoms with van der Waals surface area (Å²) in [6, 6.07) is 0. The van der Waals surface area contributed by atoms with Crippen LogP contribution < -0.4 is 4.74 Å². The number of rotatable bonds is 1. The van der Waals surface area contributed by atoms with E-state index >= 15 is 0 Å². The number of ether oxygens (including phenoxy) is 1. The van der Waals surface area contributed by atoms with Gasteiger partial charge in [-0.2, -0.15) is 4.39 Å². The summed E-state index contributed by atoms with van der Waals surface area (Å²) >= 11 is 0. The third-order valence-corrected chi connectivity index (χ3v) is 5.29. The molecule has 11 heteroatoms. The summed E-state index contributed by atoms with van der Waals surface area (Å²) in [6.07, 6.45) is 0. The molecule has 3 rings (SSSR count). The molecule has 24 heavy (non-hydrogen) atoms. The maximum Gasteiger partial charge on any atom is 0.214 e. The third-order valence-electron chi connectivity index (χ3n) is 3.45. The Hall–Kier alpha value is -2.30. The second-order valence-corrected chi connectivity index (χ2v) is 6.47. The minimum absolute atomic E-state index is 0.683. The van der Waals surface area contributed by atoms with Gasteiger partial charge in [0.25, 0.3) is 0 Å². The summed E-state index contributed by atoms with van der Waals surface area (Å²) < 4.78 is 125. The molecule has 2 aromatic rings. The zero-order valence-electron chi connectivity index (χ0n) is 11.3. The molecular formula is C13H3F7O3S. The van der Waals surface area contributed by atoms with Gasteiger partial charge in [-0.3, -0.25) is 0 Å². The van der Waals surface area contributed by atoms with Crippen LogP contribution in [0.5, 0.6) is 5.75 Å². The van der Waals surface area contributed by atoms with Gasteiger partial charge in [-0.15, -0.1) is 0 Å². The van der Waals surface area contributed by atoms with Crippen molar-refractivity contribution < 1.29 is 43.9 Å². The van der Waals surface area contributed by atoms with Crippen LogP contribution in [0.2, 0.25) is 0 Å². The highest BCUT2D eigenvalue weighted by atomic mass is 32.2. The first-order valence-electron chi connectivity index (χ1n) is 5.93. The zero-order valence-corrected chi connectivity index (χ0v) is 12.1. The monoisotopic (exact) mass is 372 g/mol. The topological polar surface area (TPSA) is 43.4 Å². The quantitative estimate of drug-likeness (QED) is 0.284. The van der Waals surface area contributed by atoms with Crippen LogP contribution in [-0.2, 0) is 9.84 Å². The number of hydrogen-bond acceptors (Lipinski definition) is 3. The van der Waals surface area contributed by atoms with E-state index in [1.165, 1.54) is 0 Å². The number of methoxy groups -OCH3 is 1. The number of hydrogen-bond donors (Lipinski definition) is 0. The van der Waals surface area contributed by atoms with Crippen molar-refractivity contribution in [2.24, 2.45) is 0 Å². The van der Waals surface area contributed by atoms with Crippen LogP contribution in [0.15, 0.2) is 9.79 Å². The molecule has 0 atom stereocenters. The van der Waals surface area contributed by atoms with E-state index in [1.54, 1.807) is 0 Å². The Labute approximate surface area is 129 Å². The lowest BCUT2D eigenvalue weighted by molar-refractivity contribution is 0.341. The SMILES string of the molecule is COc1c(F)c(F)c2c(c1F)S(=O)(=O)c1c(F)c(F)c(F)c(F)c1-2. The highest BCUT2D eigenvalue weighted by molar-refractivity contribution is 7.92. The third kappa shape index (κ3) is 1.70. The summed E-state index contributed by atoms with van der Waals surface area (Å²) in [7, 11) is -4.66. The van der Waals surface area contributed by atoms with Gasteiger partial charge in [0.1, 0.15) is 9.79 Å². The molecule has 0 bridgehead atoms. The van der Waals surface area contributed by atoms with Crippen LogP contribution in [-0.4, -0.2) is 15.5 Å². The summed E-state index contributed by atoms with van der Waals surface area (Å²) in [5.74, 6) is -17.2. The Morgan fingerprint density at radius 2 is 1.04 bits per heavy atom. The van der Waals surface area contributed by atoms with Crippen molar-refractivity contribution in [1.82, 2.24) is 0 Å². The van der Waals surface area contributed by atoms with Gasteiger partial charge in [-0.25, -0.2) is 34.8 Å².